The first kappa shape index (κ1) is 26.4. The maximum Gasteiger partial charge on any atom is 0.0554 e. The summed E-state index contributed by atoms with van der Waals surface area (Å²) in [6, 6.07) is 57.8. The van der Waals surface area contributed by atoms with E-state index in [9.17, 15) is 0 Å². The van der Waals surface area contributed by atoms with Gasteiger partial charge in [-0.05, 0) is 72.8 Å². The smallest absolute Gasteiger partial charge is 0.0554 e. The molecule has 0 atom stereocenters. The van der Waals surface area contributed by atoms with E-state index in [4.69, 9.17) is 0 Å². The quantitative estimate of drug-likeness (QED) is 0.173. The van der Waals surface area contributed by atoms with Crippen LogP contribution in [0.4, 0.5) is 17.1 Å². The summed E-state index contributed by atoms with van der Waals surface area (Å²) < 4.78 is 7.88. The number of rotatable bonds is 4. The topological polar surface area (TPSA) is 8.17 Å². The van der Waals surface area contributed by atoms with Crippen LogP contribution in [0.2, 0.25) is 0 Å². The van der Waals surface area contributed by atoms with Gasteiger partial charge in [0.15, 0.2) is 0 Å². The van der Waals surface area contributed by atoms with Crippen LogP contribution in [0.5, 0.6) is 0 Å². The lowest BCUT2D eigenvalue weighted by molar-refractivity contribution is 1.18. The van der Waals surface area contributed by atoms with E-state index >= 15 is 0 Å². The molecule has 48 heavy (non-hydrogen) atoms. The SMILES string of the molecule is c1ccc(N(c2ccccc2)c2ccc3sc4c(cc5c6c4ccc4c7sc8ccccc8c7cc(c46)n5-c4ccccc4)c3c2)cc1. The summed E-state index contributed by atoms with van der Waals surface area (Å²) >= 11 is 3.83. The van der Waals surface area contributed by atoms with Crippen molar-refractivity contribution in [3.8, 4) is 5.69 Å². The number of hydrogen-bond acceptors (Lipinski definition) is 3. The molecule has 0 aliphatic rings. The molecule has 224 valence electrons. The maximum atomic E-state index is 2.50. The van der Waals surface area contributed by atoms with Crippen molar-refractivity contribution in [2.24, 2.45) is 0 Å². The molecule has 8 aromatic carbocycles. The number of fused-ring (bicyclic) bond motifs is 8. The van der Waals surface area contributed by atoms with Gasteiger partial charge < -0.3 is 9.47 Å². The Kier molecular flexibility index (Phi) is 5.45. The molecule has 2 nitrogen and oxygen atoms in total. The number of nitrogens with zero attached hydrogens (tertiary/aromatic N) is 2. The molecule has 4 heteroatoms. The van der Waals surface area contributed by atoms with Gasteiger partial charge in [0.1, 0.15) is 0 Å². The minimum Gasteiger partial charge on any atom is -0.310 e. The summed E-state index contributed by atoms with van der Waals surface area (Å²) in [5.74, 6) is 0. The molecule has 3 aromatic heterocycles. The number of benzene rings is 8. The predicted molar refractivity (Wildman–Crippen MR) is 210 cm³/mol. The van der Waals surface area contributed by atoms with Crippen LogP contribution in [-0.2, 0) is 0 Å². The molecule has 0 aliphatic carbocycles. The van der Waals surface area contributed by atoms with Crippen LogP contribution in [0.1, 0.15) is 0 Å². The third kappa shape index (κ3) is 3.61. The van der Waals surface area contributed by atoms with Crippen molar-refractivity contribution in [1.29, 1.82) is 0 Å². The zero-order chi connectivity index (χ0) is 31.3. The number of hydrogen-bond donors (Lipinski definition) is 0. The molecular weight excluding hydrogens is 621 g/mol. The summed E-state index contributed by atoms with van der Waals surface area (Å²) in [6.07, 6.45) is 0. The Morgan fingerprint density at radius 1 is 0.375 bits per heavy atom. The van der Waals surface area contributed by atoms with E-state index in [1.165, 1.54) is 78.6 Å². The second kappa shape index (κ2) is 9.91. The van der Waals surface area contributed by atoms with E-state index in [0.717, 1.165) is 17.1 Å². The third-order valence-corrected chi connectivity index (χ3v) is 12.3. The van der Waals surface area contributed by atoms with Crippen LogP contribution < -0.4 is 4.90 Å². The average molecular weight is 647 g/mol. The normalized spacial score (nSPS) is 12.2. The van der Waals surface area contributed by atoms with Crippen molar-refractivity contribution >= 4 is 113 Å². The van der Waals surface area contributed by atoms with Crippen molar-refractivity contribution < 1.29 is 0 Å². The monoisotopic (exact) mass is 646 g/mol. The van der Waals surface area contributed by atoms with Gasteiger partial charge in [0, 0.05) is 84.6 Å². The van der Waals surface area contributed by atoms with Gasteiger partial charge in [-0.15, -0.1) is 22.7 Å². The highest BCUT2D eigenvalue weighted by atomic mass is 32.1. The van der Waals surface area contributed by atoms with E-state index in [1.807, 2.05) is 22.7 Å². The Morgan fingerprint density at radius 3 is 1.52 bits per heavy atom. The highest BCUT2D eigenvalue weighted by Gasteiger charge is 2.23. The fourth-order valence-corrected chi connectivity index (χ4v) is 10.3. The van der Waals surface area contributed by atoms with Crippen LogP contribution in [0.3, 0.4) is 0 Å². The molecule has 11 rings (SSSR count). The minimum absolute atomic E-state index is 1.15. The van der Waals surface area contributed by atoms with E-state index in [-0.39, 0.29) is 0 Å². The maximum absolute atomic E-state index is 2.50. The van der Waals surface area contributed by atoms with Crippen LogP contribution >= 0.6 is 22.7 Å². The molecule has 0 amide bonds. The fourth-order valence-electron chi connectivity index (χ4n) is 7.87. The molecule has 3 heterocycles. The van der Waals surface area contributed by atoms with E-state index < -0.39 is 0 Å². The molecule has 0 N–H and O–H groups in total. The van der Waals surface area contributed by atoms with Crippen LogP contribution in [-0.4, -0.2) is 4.57 Å². The van der Waals surface area contributed by atoms with Gasteiger partial charge in [0.25, 0.3) is 0 Å². The first-order valence-corrected chi connectivity index (χ1v) is 17.9. The van der Waals surface area contributed by atoms with Gasteiger partial charge >= 0.3 is 0 Å². The average Bonchev–Trinajstić information content (AvgIpc) is 3.82. The first-order valence-electron chi connectivity index (χ1n) is 16.3. The van der Waals surface area contributed by atoms with Crippen molar-refractivity contribution in [3.05, 3.63) is 158 Å². The van der Waals surface area contributed by atoms with Crippen molar-refractivity contribution in [2.75, 3.05) is 4.90 Å². The molecule has 0 saturated heterocycles. The Labute approximate surface area is 284 Å². The Morgan fingerprint density at radius 2 is 0.896 bits per heavy atom. The van der Waals surface area contributed by atoms with Crippen LogP contribution in [0, 0.1) is 0 Å². The Bertz CT molecular complexity index is 2950. The molecule has 0 unspecified atom stereocenters. The highest BCUT2D eigenvalue weighted by Crippen LogP contribution is 2.50. The zero-order valence-electron chi connectivity index (χ0n) is 25.7. The zero-order valence-corrected chi connectivity index (χ0v) is 27.4. The van der Waals surface area contributed by atoms with E-state index in [2.05, 4.69) is 167 Å². The molecule has 0 bridgehead atoms. The molecule has 0 saturated carbocycles. The number of aromatic nitrogens is 1. The van der Waals surface area contributed by atoms with Crippen LogP contribution in [0.15, 0.2) is 158 Å². The number of thiophene rings is 2. The lowest BCUT2D eigenvalue weighted by atomic mass is 9.98. The number of para-hydroxylation sites is 3. The van der Waals surface area contributed by atoms with Gasteiger partial charge in [-0.2, -0.15) is 0 Å². The lowest BCUT2D eigenvalue weighted by Crippen LogP contribution is -2.09. The fraction of sp³-hybridized carbons (Fsp3) is 0. The van der Waals surface area contributed by atoms with E-state index in [0.29, 0.717) is 0 Å². The lowest BCUT2D eigenvalue weighted by Gasteiger charge is -2.25. The number of anilines is 3. The summed E-state index contributed by atoms with van der Waals surface area (Å²) in [5, 5.41) is 10.7. The third-order valence-electron chi connectivity index (χ3n) is 9.90. The van der Waals surface area contributed by atoms with Gasteiger partial charge in [-0.3, -0.25) is 0 Å². The van der Waals surface area contributed by atoms with Gasteiger partial charge in [0.05, 0.1) is 11.0 Å². The molecule has 0 aliphatic heterocycles. The summed E-state index contributed by atoms with van der Waals surface area (Å²) in [7, 11) is 0. The second-order valence-electron chi connectivity index (χ2n) is 12.5. The predicted octanol–water partition coefficient (Wildman–Crippen LogP) is 13.6. The molecule has 0 spiro atoms. The molecule has 0 radical (unpaired) electrons. The summed E-state index contributed by atoms with van der Waals surface area (Å²) in [4.78, 5) is 2.36. The molecule has 11 aromatic rings. The molecular formula is C44H26N2S2. The largest absolute Gasteiger partial charge is 0.310 e. The standard InChI is InChI=1S/C44H26N2S2/c1-4-12-27(13-5-1)45(28-14-6-2-7-15-28)30-20-23-40-34(24-30)36-26-38-42-33(44(36)48-40)22-21-32-41(42)37(46(38)29-16-8-3-9-17-29)25-35-31-18-10-11-19-39(31)47-43(32)35/h1-26H. The summed E-state index contributed by atoms with van der Waals surface area (Å²) in [6.45, 7) is 0. The Hall–Kier alpha value is -5.68. The van der Waals surface area contributed by atoms with Gasteiger partial charge in [-0.1, -0.05) is 84.9 Å². The first-order chi connectivity index (χ1) is 23.8. The van der Waals surface area contributed by atoms with Crippen molar-refractivity contribution in [3.63, 3.8) is 0 Å². The van der Waals surface area contributed by atoms with Crippen LogP contribution in [0.25, 0.3) is 78.6 Å². The summed E-state index contributed by atoms with van der Waals surface area (Å²) in [5.41, 5.74) is 7.17. The second-order valence-corrected chi connectivity index (χ2v) is 14.6. The minimum atomic E-state index is 1.15. The van der Waals surface area contributed by atoms with Gasteiger partial charge in [0.2, 0.25) is 0 Å². The molecule has 0 fully saturated rings. The van der Waals surface area contributed by atoms with Crippen molar-refractivity contribution in [2.45, 2.75) is 0 Å². The highest BCUT2D eigenvalue weighted by molar-refractivity contribution is 7.27. The Balaban J connectivity index is 1.26. The van der Waals surface area contributed by atoms with Gasteiger partial charge in [-0.25, -0.2) is 0 Å². The van der Waals surface area contributed by atoms with Crippen molar-refractivity contribution in [1.82, 2.24) is 4.57 Å². The van der Waals surface area contributed by atoms with E-state index in [1.54, 1.807) is 0 Å².